The molecule has 1 aliphatic carbocycles. The third-order valence-corrected chi connectivity index (χ3v) is 3.90. The molecule has 0 bridgehead atoms. The Kier molecular flexibility index (Phi) is 3.69. The van der Waals surface area contributed by atoms with Crippen molar-refractivity contribution in [3.8, 4) is 0 Å². The third-order valence-electron chi connectivity index (χ3n) is 3.90. The van der Waals surface area contributed by atoms with Gasteiger partial charge in [0, 0.05) is 5.39 Å². The molecule has 0 saturated carbocycles. The Balaban J connectivity index is 1.58. The van der Waals surface area contributed by atoms with Crippen LogP contribution in [-0.4, -0.2) is 6.54 Å². The zero-order valence-corrected chi connectivity index (χ0v) is 11.5. The quantitative estimate of drug-likeness (QED) is 0.791. The van der Waals surface area contributed by atoms with E-state index in [9.17, 15) is 0 Å². The number of hydrogen-bond donors (Lipinski definition) is 1. The van der Waals surface area contributed by atoms with Gasteiger partial charge in [0.25, 0.3) is 0 Å². The van der Waals surface area contributed by atoms with Gasteiger partial charge in [-0.2, -0.15) is 0 Å². The van der Waals surface area contributed by atoms with E-state index < -0.39 is 0 Å². The fourth-order valence-electron chi connectivity index (χ4n) is 2.73. The van der Waals surface area contributed by atoms with Gasteiger partial charge in [-0.25, -0.2) is 0 Å². The first kappa shape index (κ1) is 12.5. The summed E-state index contributed by atoms with van der Waals surface area (Å²) >= 11 is 0. The zero-order valence-electron chi connectivity index (χ0n) is 11.5. The van der Waals surface area contributed by atoms with E-state index in [1.807, 2.05) is 18.2 Å². The molecule has 3 rings (SSSR count). The number of nitrogens with one attached hydrogen (secondary N) is 1. The van der Waals surface area contributed by atoms with Crippen LogP contribution in [-0.2, 0) is 0 Å². The highest BCUT2D eigenvalue weighted by Gasteiger charge is 2.11. The van der Waals surface area contributed by atoms with Crippen LogP contribution >= 0.6 is 0 Å². The average molecular weight is 255 g/mol. The summed E-state index contributed by atoms with van der Waals surface area (Å²) in [6, 6.07) is 10.6. The van der Waals surface area contributed by atoms with Gasteiger partial charge in [0.05, 0.1) is 6.04 Å². The first-order valence-corrected chi connectivity index (χ1v) is 7.23. The van der Waals surface area contributed by atoms with Crippen LogP contribution in [0.25, 0.3) is 11.0 Å². The van der Waals surface area contributed by atoms with Gasteiger partial charge in [-0.3, -0.25) is 0 Å². The molecule has 1 atom stereocenters. The second kappa shape index (κ2) is 5.62. The van der Waals surface area contributed by atoms with Gasteiger partial charge in [0.2, 0.25) is 0 Å². The lowest BCUT2D eigenvalue weighted by atomic mass is 10.1. The second-order valence-corrected chi connectivity index (χ2v) is 5.37. The first-order valence-electron chi connectivity index (χ1n) is 7.23. The largest absolute Gasteiger partial charge is 0.459 e. The predicted octanol–water partition coefficient (Wildman–Crippen LogP) is 4.58. The van der Waals surface area contributed by atoms with Crippen LogP contribution in [0.5, 0.6) is 0 Å². The maximum atomic E-state index is 5.88. The normalized spacial score (nSPS) is 16.8. The number of furan rings is 1. The Morgan fingerprint density at radius 3 is 3.00 bits per heavy atom. The van der Waals surface area contributed by atoms with Gasteiger partial charge in [-0.1, -0.05) is 29.8 Å². The highest BCUT2D eigenvalue weighted by molar-refractivity contribution is 5.77. The van der Waals surface area contributed by atoms with Crippen molar-refractivity contribution in [2.75, 3.05) is 6.54 Å². The molecule has 1 aromatic heterocycles. The smallest absolute Gasteiger partial charge is 0.134 e. The second-order valence-electron chi connectivity index (χ2n) is 5.37. The van der Waals surface area contributed by atoms with Gasteiger partial charge in [-0.05, 0) is 51.3 Å². The Morgan fingerprint density at radius 1 is 1.32 bits per heavy atom. The van der Waals surface area contributed by atoms with Crippen molar-refractivity contribution in [2.24, 2.45) is 0 Å². The highest BCUT2D eigenvalue weighted by atomic mass is 16.3. The summed E-state index contributed by atoms with van der Waals surface area (Å²) in [6.07, 6.45) is 7.47. The minimum Gasteiger partial charge on any atom is -0.459 e. The van der Waals surface area contributed by atoms with Gasteiger partial charge in [0.15, 0.2) is 0 Å². The minimum atomic E-state index is 0.273. The van der Waals surface area contributed by atoms with E-state index in [0.29, 0.717) is 0 Å². The molecule has 0 aliphatic heterocycles. The van der Waals surface area contributed by atoms with Crippen molar-refractivity contribution >= 4 is 11.0 Å². The molecule has 100 valence electrons. The number of hydrogen-bond acceptors (Lipinski definition) is 2. The summed E-state index contributed by atoms with van der Waals surface area (Å²) in [6.45, 7) is 3.20. The highest BCUT2D eigenvalue weighted by Crippen LogP contribution is 2.24. The van der Waals surface area contributed by atoms with Gasteiger partial charge >= 0.3 is 0 Å². The lowest BCUT2D eigenvalue weighted by molar-refractivity contribution is 0.453. The molecule has 0 fully saturated rings. The van der Waals surface area contributed by atoms with Gasteiger partial charge < -0.3 is 9.73 Å². The summed E-state index contributed by atoms with van der Waals surface area (Å²) in [7, 11) is 0. The van der Waals surface area contributed by atoms with Crippen LogP contribution in [0.2, 0.25) is 0 Å². The Hall–Kier alpha value is -1.54. The molecule has 1 aliphatic rings. The third kappa shape index (κ3) is 2.90. The van der Waals surface area contributed by atoms with Crippen molar-refractivity contribution in [1.82, 2.24) is 5.32 Å². The number of fused-ring (bicyclic) bond motifs is 1. The maximum absolute atomic E-state index is 5.88. The van der Waals surface area contributed by atoms with Crippen molar-refractivity contribution in [3.05, 3.63) is 47.7 Å². The van der Waals surface area contributed by atoms with E-state index in [4.69, 9.17) is 4.42 Å². The topological polar surface area (TPSA) is 25.2 Å². The molecular weight excluding hydrogens is 234 g/mol. The average Bonchev–Trinajstić information content (AvgIpc) is 3.07. The van der Waals surface area contributed by atoms with Crippen LogP contribution in [0.1, 0.15) is 44.4 Å². The molecule has 1 aromatic carbocycles. The number of allylic oxidation sites excluding steroid dienone is 1. The molecule has 0 spiro atoms. The molecule has 19 heavy (non-hydrogen) atoms. The Morgan fingerprint density at radius 2 is 2.21 bits per heavy atom. The van der Waals surface area contributed by atoms with E-state index in [1.165, 1.54) is 31.1 Å². The van der Waals surface area contributed by atoms with Crippen LogP contribution in [0.3, 0.4) is 0 Å². The van der Waals surface area contributed by atoms with Crippen molar-refractivity contribution in [1.29, 1.82) is 0 Å². The van der Waals surface area contributed by atoms with Gasteiger partial charge in [-0.15, -0.1) is 0 Å². The Labute approximate surface area is 114 Å². The zero-order chi connectivity index (χ0) is 13.1. The lowest BCUT2D eigenvalue weighted by Gasteiger charge is -2.11. The van der Waals surface area contributed by atoms with E-state index >= 15 is 0 Å². The van der Waals surface area contributed by atoms with Crippen LogP contribution in [0.4, 0.5) is 0 Å². The monoisotopic (exact) mass is 255 g/mol. The fourth-order valence-corrected chi connectivity index (χ4v) is 2.73. The fraction of sp³-hybridized carbons (Fsp3) is 0.412. The summed E-state index contributed by atoms with van der Waals surface area (Å²) < 4.78 is 5.88. The van der Waals surface area contributed by atoms with Crippen LogP contribution < -0.4 is 5.32 Å². The first-order chi connectivity index (χ1) is 9.33. The molecule has 1 N–H and O–H groups in total. The van der Waals surface area contributed by atoms with E-state index in [2.05, 4.69) is 30.4 Å². The predicted molar refractivity (Wildman–Crippen MR) is 79.2 cm³/mol. The van der Waals surface area contributed by atoms with E-state index in [1.54, 1.807) is 5.57 Å². The van der Waals surface area contributed by atoms with Crippen molar-refractivity contribution < 1.29 is 4.42 Å². The summed E-state index contributed by atoms with van der Waals surface area (Å²) in [5, 5.41) is 4.74. The molecule has 1 unspecified atom stereocenters. The lowest BCUT2D eigenvalue weighted by Crippen LogP contribution is -2.19. The molecule has 0 radical (unpaired) electrons. The summed E-state index contributed by atoms with van der Waals surface area (Å²) in [4.78, 5) is 0. The summed E-state index contributed by atoms with van der Waals surface area (Å²) in [5.41, 5.74) is 2.59. The molecule has 0 saturated heterocycles. The minimum absolute atomic E-state index is 0.273. The maximum Gasteiger partial charge on any atom is 0.134 e. The SMILES string of the molecule is CC(NCCC1=CCCC1)c1cc2ccccc2o1. The van der Waals surface area contributed by atoms with E-state index in [0.717, 1.165) is 17.9 Å². The molecule has 1 heterocycles. The Bertz CT molecular complexity index is 549. The van der Waals surface area contributed by atoms with Crippen LogP contribution in [0.15, 0.2) is 46.4 Å². The molecular formula is C17H21NO. The molecule has 2 nitrogen and oxygen atoms in total. The van der Waals surface area contributed by atoms with Crippen molar-refractivity contribution in [2.45, 2.75) is 38.6 Å². The van der Waals surface area contributed by atoms with Gasteiger partial charge in [0.1, 0.15) is 11.3 Å². The van der Waals surface area contributed by atoms with Crippen molar-refractivity contribution in [3.63, 3.8) is 0 Å². The molecule has 2 aromatic rings. The van der Waals surface area contributed by atoms with E-state index in [-0.39, 0.29) is 6.04 Å². The molecule has 2 heteroatoms. The standard InChI is InChI=1S/C17H21NO/c1-13(18-11-10-14-6-2-3-7-14)17-12-15-8-4-5-9-16(15)19-17/h4-6,8-9,12-13,18H,2-3,7,10-11H2,1H3. The molecule has 0 amide bonds. The van der Waals surface area contributed by atoms with Crippen LogP contribution in [0, 0.1) is 0 Å². The number of rotatable bonds is 5. The number of para-hydroxylation sites is 1. The summed E-state index contributed by atoms with van der Waals surface area (Å²) in [5.74, 6) is 1.03. The number of benzene rings is 1.